The summed E-state index contributed by atoms with van der Waals surface area (Å²) in [5.41, 5.74) is 6.80. The minimum atomic E-state index is -3.65. The third kappa shape index (κ3) is 3.21. The number of primary amides is 1. The molecule has 24 heavy (non-hydrogen) atoms. The largest absolute Gasteiger partial charge is 0.366 e. The Labute approximate surface area is 139 Å². The zero-order valence-electron chi connectivity index (χ0n) is 12.7. The summed E-state index contributed by atoms with van der Waals surface area (Å²) in [5.74, 6) is -0.764. The van der Waals surface area contributed by atoms with Gasteiger partial charge in [0.05, 0.1) is 5.75 Å². The number of carbonyl (C=O) groups is 1. The molecule has 0 radical (unpaired) electrons. The van der Waals surface area contributed by atoms with Gasteiger partial charge in [0, 0.05) is 23.6 Å². The minimum Gasteiger partial charge on any atom is -0.366 e. The first-order chi connectivity index (χ1) is 11.5. The van der Waals surface area contributed by atoms with E-state index in [-0.39, 0.29) is 10.9 Å². The molecule has 1 aromatic heterocycles. The van der Waals surface area contributed by atoms with Crippen LogP contribution in [0.1, 0.15) is 15.9 Å². The van der Waals surface area contributed by atoms with Gasteiger partial charge in [-0.2, -0.15) is 0 Å². The second kappa shape index (κ2) is 6.29. The van der Waals surface area contributed by atoms with Crippen molar-refractivity contribution in [2.24, 2.45) is 5.73 Å². The Bertz CT molecular complexity index is 962. The molecule has 0 saturated heterocycles. The number of benzene rings is 2. The molecule has 2 aromatic carbocycles. The maximum absolute atomic E-state index is 12.7. The standard InChI is InChI=1S/C17H15N3O3S/c18-16(21)14-8-6-13(7-9-14)12-24(22,23)17-19-10-11-20(17)15-4-2-1-3-5-15/h1-11H,12H2,(H2,18,21). The molecule has 1 heterocycles. The Morgan fingerprint density at radius 1 is 1.04 bits per heavy atom. The van der Waals surface area contributed by atoms with E-state index in [2.05, 4.69) is 4.98 Å². The number of amides is 1. The molecule has 2 N–H and O–H groups in total. The van der Waals surface area contributed by atoms with Crippen molar-refractivity contribution in [3.63, 3.8) is 0 Å². The third-order valence-electron chi connectivity index (χ3n) is 3.51. The molecule has 6 nitrogen and oxygen atoms in total. The predicted molar refractivity (Wildman–Crippen MR) is 89.4 cm³/mol. The summed E-state index contributed by atoms with van der Waals surface area (Å²) in [6.45, 7) is 0. The van der Waals surface area contributed by atoms with E-state index < -0.39 is 15.7 Å². The Balaban J connectivity index is 1.92. The van der Waals surface area contributed by atoms with Crippen LogP contribution < -0.4 is 5.73 Å². The summed E-state index contributed by atoms with van der Waals surface area (Å²) in [7, 11) is -3.65. The topological polar surface area (TPSA) is 95.1 Å². The fourth-order valence-electron chi connectivity index (χ4n) is 2.35. The Hall–Kier alpha value is -2.93. The molecule has 0 aliphatic rings. The van der Waals surface area contributed by atoms with Crippen LogP contribution in [0.3, 0.4) is 0 Å². The minimum absolute atomic E-state index is 0.0207. The number of nitrogens with two attached hydrogens (primary N) is 1. The highest BCUT2D eigenvalue weighted by Gasteiger charge is 2.22. The van der Waals surface area contributed by atoms with Gasteiger partial charge in [0.1, 0.15) is 0 Å². The molecule has 1 amide bonds. The lowest BCUT2D eigenvalue weighted by Crippen LogP contribution is -2.13. The predicted octanol–water partition coefficient (Wildman–Crippen LogP) is 1.95. The molecule has 3 rings (SSSR count). The van der Waals surface area contributed by atoms with Crippen molar-refractivity contribution in [3.05, 3.63) is 78.1 Å². The van der Waals surface area contributed by atoms with Gasteiger partial charge in [-0.3, -0.25) is 9.36 Å². The molecule has 0 spiro atoms. The van der Waals surface area contributed by atoms with Gasteiger partial charge in [-0.15, -0.1) is 0 Å². The van der Waals surface area contributed by atoms with Gasteiger partial charge in [0.2, 0.25) is 20.9 Å². The van der Waals surface area contributed by atoms with E-state index in [0.717, 1.165) is 5.69 Å². The fourth-order valence-corrected chi connectivity index (χ4v) is 3.80. The van der Waals surface area contributed by atoms with Crippen molar-refractivity contribution in [1.29, 1.82) is 0 Å². The number of imidazole rings is 1. The summed E-state index contributed by atoms with van der Waals surface area (Å²) < 4.78 is 26.9. The molecule has 7 heteroatoms. The van der Waals surface area contributed by atoms with Crippen LogP contribution >= 0.6 is 0 Å². The number of hydrogen-bond acceptors (Lipinski definition) is 4. The lowest BCUT2D eigenvalue weighted by Gasteiger charge is -2.09. The van der Waals surface area contributed by atoms with Crippen LogP contribution in [0.4, 0.5) is 0 Å². The molecule has 0 aliphatic carbocycles. The van der Waals surface area contributed by atoms with Gasteiger partial charge in [-0.25, -0.2) is 13.4 Å². The highest BCUT2D eigenvalue weighted by molar-refractivity contribution is 7.90. The highest BCUT2D eigenvalue weighted by atomic mass is 32.2. The number of para-hydroxylation sites is 1. The summed E-state index contributed by atoms with van der Waals surface area (Å²) in [6.07, 6.45) is 3.06. The van der Waals surface area contributed by atoms with Crippen molar-refractivity contribution in [2.45, 2.75) is 10.9 Å². The zero-order valence-corrected chi connectivity index (χ0v) is 13.5. The fraction of sp³-hybridized carbons (Fsp3) is 0.0588. The lowest BCUT2D eigenvalue weighted by molar-refractivity contribution is 0.100. The quantitative estimate of drug-likeness (QED) is 0.767. The van der Waals surface area contributed by atoms with Gasteiger partial charge < -0.3 is 5.73 Å². The number of nitrogens with zero attached hydrogens (tertiary/aromatic N) is 2. The van der Waals surface area contributed by atoms with Crippen LogP contribution in [0.2, 0.25) is 0 Å². The van der Waals surface area contributed by atoms with Crippen LogP contribution in [0, 0.1) is 0 Å². The maximum atomic E-state index is 12.7. The van der Waals surface area contributed by atoms with Crippen LogP contribution in [0.5, 0.6) is 0 Å². The third-order valence-corrected chi connectivity index (χ3v) is 5.09. The van der Waals surface area contributed by atoms with Crippen molar-refractivity contribution < 1.29 is 13.2 Å². The zero-order chi connectivity index (χ0) is 17.2. The average molecular weight is 341 g/mol. The SMILES string of the molecule is NC(=O)c1ccc(CS(=O)(=O)c2nccn2-c2ccccc2)cc1. The van der Waals surface area contributed by atoms with Gasteiger partial charge in [0.15, 0.2) is 0 Å². The van der Waals surface area contributed by atoms with Crippen molar-refractivity contribution in [1.82, 2.24) is 9.55 Å². The van der Waals surface area contributed by atoms with Gasteiger partial charge in [-0.1, -0.05) is 30.3 Å². The average Bonchev–Trinajstić information content (AvgIpc) is 3.06. The first-order valence-electron chi connectivity index (χ1n) is 7.18. The first-order valence-corrected chi connectivity index (χ1v) is 8.83. The second-order valence-electron chi connectivity index (χ2n) is 5.24. The molecule has 0 bridgehead atoms. The number of sulfone groups is 1. The number of rotatable bonds is 5. The number of hydrogen-bond donors (Lipinski definition) is 1. The van der Waals surface area contributed by atoms with E-state index in [1.165, 1.54) is 22.9 Å². The summed E-state index contributed by atoms with van der Waals surface area (Å²) in [4.78, 5) is 15.1. The van der Waals surface area contributed by atoms with E-state index in [0.29, 0.717) is 11.1 Å². The molecule has 0 saturated carbocycles. The molecule has 0 aliphatic heterocycles. The Morgan fingerprint density at radius 3 is 2.33 bits per heavy atom. The molecule has 122 valence electrons. The van der Waals surface area contributed by atoms with Crippen LogP contribution in [-0.4, -0.2) is 23.9 Å². The lowest BCUT2D eigenvalue weighted by atomic mass is 10.1. The van der Waals surface area contributed by atoms with Crippen LogP contribution in [0.15, 0.2) is 72.1 Å². The van der Waals surface area contributed by atoms with Crippen LogP contribution in [-0.2, 0) is 15.6 Å². The summed E-state index contributed by atoms with van der Waals surface area (Å²) in [6, 6.07) is 15.3. The van der Waals surface area contributed by atoms with E-state index >= 15 is 0 Å². The van der Waals surface area contributed by atoms with Crippen LogP contribution in [0.25, 0.3) is 5.69 Å². The molecular formula is C17H15N3O3S. The van der Waals surface area contributed by atoms with Gasteiger partial charge >= 0.3 is 0 Å². The summed E-state index contributed by atoms with van der Waals surface area (Å²) in [5, 5.41) is -0.0207. The molecule has 0 fully saturated rings. The molecule has 0 unspecified atom stereocenters. The monoisotopic (exact) mass is 341 g/mol. The number of carbonyl (C=O) groups excluding carboxylic acids is 1. The highest BCUT2D eigenvalue weighted by Crippen LogP contribution is 2.19. The Morgan fingerprint density at radius 2 is 1.71 bits per heavy atom. The second-order valence-corrected chi connectivity index (χ2v) is 7.12. The van der Waals surface area contributed by atoms with Crippen molar-refractivity contribution in [2.75, 3.05) is 0 Å². The van der Waals surface area contributed by atoms with E-state index in [4.69, 9.17) is 5.73 Å². The first kappa shape index (κ1) is 15.9. The normalized spacial score (nSPS) is 11.3. The van der Waals surface area contributed by atoms with Crippen molar-refractivity contribution >= 4 is 15.7 Å². The van der Waals surface area contributed by atoms with E-state index in [1.807, 2.05) is 30.3 Å². The maximum Gasteiger partial charge on any atom is 0.248 e. The smallest absolute Gasteiger partial charge is 0.248 e. The molecule has 0 atom stereocenters. The van der Waals surface area contributed by atoms with Gasteiger partial charge in [0.25, 0.3) is 0 Å². The molecular weight excluding hydrogens is 326 g/mol. The van der Waals surface area contributed by atoms with E-state index in [9.17, 15) is 13.2 Å². The van der Waals surface area contributed by atoms with E-state index in [1.54, 1.807) is 18.3 Å². The molecule has 3 aromatic rings. The Kier molecular flexibility index (Phi) is 4.18. The van der Waals surface area contributed by atoms with Crippen molar-refractivity contribution in [3.8, 4) is 5.69 Å². The van der Waals surface area contributed by atoms with Gasteiger partial charge in [-0.05, 0) is 29.8 Å². The number of aromatic nitrogens is 2. The summed E-state index contributed by atoms with van der Waals surface area (Å²) >= 11 is 0.